The van der Waals surface area contributed by atoms with E-state index in [-0.39, 0.29) is 0 Å². The van der Waals surface area contributed by atoms with Gasteiger partial charge in [-0.25, -0.2) is 4.79 Å². The van der Waals surface area contributed by atoms with E-state index in [4.69, 9.17) is 9.29 Å². The number of likely N-dealkylation sites (tertiary alicyclic amines) is 1. The van der Waals surface area contributed by atoms with Gasteiger partial charge in [0, 0.05) is 10.8 Å². The highest BCUT2D eigenvalue weighted by Crippen LogP contribution is 2.61. The number of ether oxygens (including phenoxy) is 2. The summed E-state index contributed by atoms with van der Waals surface area (Å²) in [5.41, 5.74) is -0.406. The lowest BCUT2D eigenvalue weighted by molar-refractivity contribution is -0.159. The SMILES string of the molecule is CC(C)(C)N1C(=O)C2C3SC(C(OC(=O)c4cccc5ccccc45)C31)C2C(=O)OCC(F)(F)S(=O)(=O)O. The molecule has 0 aromatic heterocycles. The summed E-state index contributed by atoms with van der Waals surface area (Å²) in [7, 11) is -5.82. The Morgan fingerprint density at radius 1 is 1.08 bits per heavy atom. The lowest BCUT2D eigenvalue weighted by Gasteiger charge is -2.39. The number of rotatable bonds is 6. The number of nitrogens with zero attached hydrogens (tertiary/aromatic N) is 1. The van der Waals surface area contributed by atoms with Gasteiger partial charge >= 0.3 is 27.3 Å². The molecule has 6 atom stereocenters. The maximum atomic E-state index is 13.7. The number of thioether (sulfide) groups is 1. The van der Waals surface area contributed by atoms with Crippen molar-refractivity contribution in [2.45, 2.75) is 54.2 Å². The molecule has 3 aliphatic rings. The van der Waals surface area contributed by atoms with Crippen molar-refractivity contribution in [2.24, 2.45) is 11.8 Å². The molecule has 1 amide bonds. The van der Waals surface area contributed by atoms with Gasteiger partial charge in [-0.05, 0) is 37.6 Å². The van der Waals surface area contributed by atoms with Crippen LogP contribution in [-0.4, -0.2) is 75.8 Å². The Kier molecular flexibility index (Phi) is 6.27. The van der Waals surface area contributed by atoms with Crippen molar-refractivity contribution < 1.29 is 45.6 Å². The maximum Gasteiger partial charge on any atom is 0.402 e. The van der Waals surface area contributed by atoms with Crippen LogP contribution in [0.2, 0.25) is 0 Å². The minimum Gasteiger partial charge on any atom is -0.458 e. The molecule has 0 aliphatic carbocycles. The van der Waals surface area contributed by atoms with Crippen molar-refractivity contribution in [2.75, 3.05) is 6.61 Å². The number of hydrogen-bond donors (Lipinski definition) is 1. The minimum absolute atomic E-state index is 0.297. The summed E-state index contributed by atoms with van der Waals surface area (Å²) in [6, 6.07) is 11.8. The Hall–Kier alpha value is -2.77. The van der Waals surface area contributed by atoms with E-state index in [1.807, 2.05) is 18.2 Å². The van der Waals surface area contributed by atoms with E-state index in [1.54, 1.807) is 49.9 Å². The lowest BCUT2D eigenvalue weighted by atomic mass is 9.78. The fourth-order valence-corrected chi connectivity index (χ4v) is 8.01. The van der Waals surface area contributed by atoms with Gasteiger partial charge in [0.25, 0.3) is 0 Å². The molecule has 1 N–H and O–H groups in total. The van der Waals surface area contributed by atoms with E-state index >= 15 is 0 Å². The minimum atomic E-state index is -5.82. The van der Waals surface area contributed by atoms with Crippen molar-refractivity contribution in [3.05, 3.63) is 48.0 Å². The predicted molar refractivity (Wildman–Crippen MR) is 133 cm³/mol. The zero-order valence-electron chi connectivity index (χ0n) is 20.5. The second-order valence-corrected chi connectivity index (χ2v) is 13.5. The molecule has 3 aliphatic heterocycles. The molecule has 3 saturated heterocycles. The van der Waals surface area contributed by atoms with Gasteiger partial charge in [-0.3, -0.25) is 14.1 Å². The monoisotopic (exact) mass is 569 g/mol. The molecule has 5 rings (SSSR count). The van der Waals surface area contributed by atoms with Crippen molar-refractivity contribution in [3.63, 3.8) is 0 Å². The molecule has 38 heavy (non-hydrogen) atoms. The maximum absolute atomic E-state index is 13.7. The Morgan fingerprint density at radius 3 is 2.39 bits per heavy atom. The third-order valence-electron chi connectivity index (χ3n) is 7.23. The van der Waals surface area contributed by atoms with E-state index in [1.165, 1.54) is 11.8 Å². The number of esters is 2. The summed E-state index contributed by atoms with van der Waals surface area (Å²) in [5.74, 6) is -4.42. The number of carbonyl (C=O) groups is 3. The van der Waals surface area contributed by atoms with Gasteiger partial charge in [-0.15, -0.1) is 11.8 Å². The number of carbonyl (C=O) groups excluding carboxylic acids is 3. The zero-order chi connectivity index (χ0) is 27.8. The van der Waals surface area contributed by atoms with Crippen LogP contribution in [0.1, 0.15) is 31.1 Å². The van der Waals surface area contributed by atoms with Crippen molar-refractivity contribution in [1.29, 1.82) is 0 Å². The summed E-state index contributed by atoms with van der Waals surface area (Å²) >= 11 is 1.26. The van der Waals surface area contributed by atoms with Crippen LogP contribution in [0.15, 0.2) is 42.5 Å². The quantitative estimate of drug-likeness (QED) is 0.412. The molecule has 2 bridgehead atoms. The van der Waals surface area contributed by atoms with Crippen LogP contribution in [0.3, 0.4) is 0 Å². The first-order chi connectivity index (χ1) is 17.6. The van der Waals surface area contributed by atoms with E-state index in [0.29, 0.717) is 10.9 Å². The second-order valence-electron chi connectivity index (χ2n) is 10.6. The molecular weight excluding hydrogens is 544 g/mol. The van der Waals surface area contributed by atoms with Crippen LogP contribution in [0, 0.1) is 11.8 Å². The van der Waals surface area contributed by atoms with Crippen LogP contribution < -0.4 is 0 Å². The van der Waals surface area contributed by atoms with Crippen LogP contribution >= 0.6 is 11.8 Å². The molecule has 0 radical (unpaired) electrons. The molecule has 13 heteroatoms. The number of halogens is 2. The average Bonchev–Trinajstić information content (AvgIpc) is 3.44. The van der Waals surface area contributed by atoms with E-state index in [9.17, 15) is 31.6 Å². The first-order valence-electron chi connectivity index (χ1n) is 11.8. The number of alkyl halides is 2. The highest BCUT2D eigenvalue weighted by atomic mass is 32.2. The van der Waals surface area contributed by atoms with Crippen molar-refractivity contribution >= 4 is 50.5 Å². The summed E-state index contributed by atoms with van der Waals surface area (Å²) < 4.78 is 68.7. The summed E-state index contributed by atoms with van der Waals surface area (Å²) in [4.78, 5) is 41.5. The van der Waals surface area contributed by atoms with Gasteiger partial charge in [0.05, 0.1) is 28.7 Å². The number of fused-ring (bicyclic) bond motifs is 2. The third-order valence-corrected chi connectivity index (χ3v) is 9.87. The predicted octanol–water partition coefficient (Wildman–Crippen LogP) is 3.13. The van der Waals surface area contributed by atoms with Crippen LogP contribution in [0.4, 0.5) is 8.78 Å². The summed E-state index contributed by atoms with van der Waals surface area (Å²) in [5, 5.41) is -4.48. The number of hydrogen-bond acceptors (Lipinski definition) is 8. The molecule has 0 saturated carbocycles. The standard InChI is InChI=1S/C25H25F2NO8S2/c1-24(2,3)28-17-18(36-22(30)14-10-6-8-12-7-4-5-9-13(12)14)20-16(15(21(28)29)19(17)37-20)23(31)35-11-25(26,27)38(32,33)34/h4-10,15-20H,11H2,1-3H3,(H,32,33,34). The van der Waals surface area contributed by atoms with Gasteiger partial charge in [0.15, 0.2) is 6.61 Å². The summed E-state index contributed by atoms with van der Waals surface area (Å²) in [6.07, 6.45) is -0.946. The largest absolute Gasteiger partial charge is 0.458 e. The first-order valence-corrected chi connectivity index (χ1v) is 14.2. The molecule has 2 aromatic carbocycles. The van der Waals surface area contributed by atoms with Crippen LogP contribution in [0.5, 0.6) is 0 Å². The highest BCUT2D eigenvalue weighted by Gasteiger charge is 2.73. The van der Waals surface area contributed by atoms with Gasteiger partial charge in [-0.1, -0.05) is 36.4 Å². The topological polar surface area (TPSA) is 127 Å². The van der Waals surface area contributed by atoms with Gasteiger partial charge in [0.2, 0.25) is 5.91 Å². The van der Waals surface area contributed by atoms with E-state index < -0.39 is 79.8 Å². The molecule has 9 nitrogen and oxygen atoms in total. The Morgan fingerprint density at radius 2 is 1.74 bits per heavy atom. The Labute approximate surface area is 221 Å². The fourth-order valence-electron chi connectivity index (χ4n) is 5.72. The first kappa shape index (κ1) is 26.8. The average molecular weight is 570 g/mol. The summed E-state index contributed by atoms with van der Waals surface area (Å²) in [6.45, 7) is 3.50. The van der Waals surface area contributed by atoms with Gasteiger partial charge in [-0.2, -0.15) is 17.2 Å². The number of benzene rings is 2. The smallest absolute Gasteiger partial charge is 0.402 e. The zero-order valence-corrected chi connectivity index (χ0v) is 22.2. The number of amides is 1. The molecule has 6 unspecified atom stereocenters. The molecule has 3 heterocycles. The Bertz CT molecular complexity index is 1440. The molecule has 204 valence electrons. The fraction of sp³-hybridized carbons (Fsp3) is 0.480. The lowest BCUT2D eigenvalue weighted by Crippen LogP contribution is -2.54. The van der Waals surface area contributed by atoms with Gasteiger partial charge < -0.3 is 14.4 Å². The van der Waals surface area contributed by atoms with Gasteiger partial charge in [0.1, 0.15) is 6.10 Å². The molecular formula is C25H25F2NO8S2. The highest BCUT2D eigenvalue weighted by molar-refractivity contribution is 8.01. The van der Waals surface area contributed by atoms with Crippen LogP contribution in [-0.2, 0) is 29.2 Å². The van der Waals surface area contributed by atoms with Crippen molar-refractivity contribution in [3.8, 4) is 0 Å². The molecule has 3 fully saturated rings. The third kappa shape index (κ3) is 4.15. The van der Waals surface area contributed by atoms with Crippen LogP contribution in [0.25, 0.3) is 10.8 Å². The Balaban J connectivity index is 1.47. The van der Waals surface area contributed by atoms with Crippen molar-refractivity contribution in [1.82, 2.24) is 4.90 Å². The molecule has 0 spiro atoms. The normalized spacial score (nSPS) is 28.7. The second kappa shape index (κ2) is 8.88. The van der Waals surface area contributed by atoms with E-state index in [2.05, 4.69) is 4.74 Å². The molecule has 2 aromatic rings. The van der Waals surface area contributed by atoms with E-state index in [0.717, 1.165) is 5.39 Å².